The highest BCUT2D eigenvalue weighted by molar-refractivity contribution is 7.89. The fourth-order valence-electron chi connectivity index (χ4n) is 2.60. The van der Waals surface area contributed by atoms with Crippen LogP contribution in [0.5, 0.6) is 0 Å². The predicted molar refractivity (Wildman–Crippen MR) is 76.0 cm³/mol. The lowest BCUT2D eigenvalue weighted by Crippen LogP contribution is -2.56. The van der Waals surface area contributed by atoms with E-state index in [9.17, 15) is 18.3 Å². The van der Waals surface area contributed by atoms with Crippen molar-refractivity contribution in [2.75, 3.05) is 19.0 Å². The molecule has 7 heteroatoms. The average Bonchev–Trinajstić information content (AvgIpc) is 2.39. The van der Waals surface area contributed by atoms with E-state index >= 15 is 0 Å². The average molecular weight is 307 g/mol. The van der Waals surface area contributed by atoms with E-state index in [1.807, 2.05) is 0 Å². The molecule has 0 heterocycles. The van der Waals surface area contributed by atoms with E-state index in [1.54, 1.807) is 6.92 Å². The standard InChI is InChI=1S/C13H25NO5S/c1-3-11-5-7-13(8-6-11,12(15)16)14-20(17,18)10-9-19-4-2/h11,14H,3-10H2,1-2H3,(H,15,16). The first-order valence-corrected chi connectivity index (χ1v) is 8.83. The monoisotopic (exact) mass is 307 g/mol. The Kier molecular flexibility index (Phi) is 6.42. The van der Waals surface area contributed by atoms with Crippen LogP contribution in [-0.4, -0.2) is 44.0 Å². The number of ether oxygens (including phenoxy) is 1. The van der Waals surface area contributed by atoms with Gasteiger partial charge in [0.05, 0.1) is 12.4 Å². The molecule has 0 aromatic rings. The van der Waals surface area contributed by atoms with Crippen LogP contribution in [0.25, 0.3) is 0 Å². The van der Waals surface area contributed by atoms with Gasteiger partial charge in [-0.15, -0.1) is 0 Å². The number of carboxylic acid groups (broad SMARTS) is 1. The molecule has 118 valence electrons. The van der Waals surface area contributed by atoms with Crippen molar-refractivity contribution in [3.8, 4) is 0 Å². The van der Waals surface area contributed by atoms with E-state index < -0.39 is 21.5 Å². The van der Waals surface area contributed by atoms with Crippen molar-refractivity contribution in [2.45, 2.75) is 51.5 Å². The Balaban J connectivity index is 2.70. The Bertz CT molecular complexity index is 412. The van der Waals surface area contributed by atoms with Gasteiger partial charge in [0.25, 0.3) is 0 Å². The van der Waals surface area contributed by atoms with Gasteiger partial charge in [-0.2, -0.15) is 4.72 Å². The minimum atomic E-state index is -3.64. The lowest BCUT2D eigenvalue weighted by atomic mass is 9.76. The summed E-state index contributed by atoms with van der Waals surface area (Å²) in [5.74, 6) is -0.782. The predicted octanol–water partition coefficient (Wildman–Crippen LogP) is 1.37. The summed E-state index contributed by atoms with van der Waals surface area (Å²) in [6, 6.07) is 0. The van der Waals surface area contributed by atoms with Crippen LogP contribution in [0.2, 0.25) is 0 Å². The number of hydrogen-bond acceptors (Lipinski definition) is 4. The molecule has 1 aliphatic rings. The van der Waals surface area contributed by atoms with E-state index in [0.29, 0.717) is 25.4 Å². The van der Waals surface area contributed by atoms with Gasteiger partial charge in [0, 0.05) is 6.61 Å². The first-order chi connectivity index (χ1) is 9.35. The molecule has 1 fully saturated rings. The van der Waals surface area contributed by atoms with Crippen molar-refractivity contribution in [3.63, 3.8) is 0 Å². The highest BCUT2D eigenvalue weighted by Crippen LogP contribution is 2.34. The van der Waals surface area contributed by atoms with Crippen molar-refractivity contribution in [1.82, 2.24) is 4.72 Å². The number of aliphatic carboxylic acids is 1. The topological polar surface area (TPSA) is 92.7 Å². The Morgan fingerprint density at radius 1 is 1.35 bits per heavy atom. The second-order valence-corrected chi connectivity index (χ2v) is 7.20. The van der Waals surface area contributed by atoms with Crippen LogP contribution in [0, 0.1) is 5.92 Å². The molecular weight excluding hydrogens is 282 g/mol. The first-order valence-electron chi connectivity index (χ1n) is 7.18. The van der Waals surface area contributed by atoms with E-state index in [2.05, 4.69) is 11.6 Å². The molecule has 0 amide bonds. The van der Waals surface area contributed by atoms with Crippen molar-refractivity contribution in [1.29, 1.82) is 0 Å². The molecule has 0 aromatic carbocycles. The fraction of sp³-hybridized carbons (Fsp3) is 0.923. The number of carbonyl (C=O) groups is 1. The third-order valence-corrected chi connectivity index (χ3v) is 5.40. The van der Waals surface area contributed by atoms with E-state index in [-0.39, 0.29) is 12.4 Å². The van der Waals surface area contributed by atoms with Gasteiger partial charge < -0.3 is 9.84 Å². The van der Waals surface area contributed by atoms with E-state index in [1.165, 1.54) is 0 Å². The number of carboxylic acids is 1. The fourth-order valence-corrected chi connectivity index (χ4v) is 3.93. The molecule has 0 unspecified atom stereocenters. The molecule has 6 nitrogen and oxygen atoms in total. The largest absolute Gasteiger partial charge is 0.480 e. The number of nitrogens with one attached hydrogen (secondary N) is 1. The second-order valence-electron chi connectivity index (χ2n) is 5.36. The maximum absolute atomic E-state index is 12.0. The quantitative estimate of drug-likeness (QED) is 0.661. The van der Waals surface area contributed by atoms with Crippen LogP contribution in [0.4, 0.5) is 0 Å². The molecule has 0 aromatic heterocycles. The van der Waals surface area contributed by atoms with Gasteiger partial charge in [0.15, 0.2) is 0 Å². The minimum Gasteiger partial charge on any atom is -0.480 e. The molecule has 1 aliphatic carbocycles. The van der Waals surface area contributed by atoms with Gasteiger partial charge in [-0.25, -0.2) is 8.42 Å². The summed E-state index contributed by atoms with van der Waals surface area (Å²) in [5, 5.41) is 9.42. The summed E-state index contributed by atoms with van der Waals surface area (Å²) >= 11 is 0. The Morgan fingerprint density at radius 2 is 1.95 bits per heavy atom. The first kappa shape index (κ1) is 17.4. The van der Waals surface area contributed by atoms with Gasteiger partial charge in [-0.3, -0.25) is 4.79 Å². The molecule has 0 spiro atoms. The Labute approximate surface area is 120 Å². The third kappa shape index (κ3) is 4.71. The molecule has 0 bridgehead atoms. The summed E-state index contributed by atoms with van der Waals surface area (Å²) in [6.07, 6.45) is 3.21. The van der Waals surface area contributed by atoms with E-state index in [0.717, 1.165) is 19.3 Å². The highest BCUT2D eigenvalue weighted by Gasteiger charge is 2.44. The normalized spacial score (nSPS) is 27.4. The summed E-state index contributed by atoms with van der Waals surface area (Å²) < 4.78 is 31.4. The number of hydrogen-bond donors (Lipinski definition) is 2. The molecule has 2 N–H and O–H groups in total. The Morgan fingerprint density at radius 3 is 2.40 bits per heavy atom. The summed E-state index contributed by atoms with van der Waals surface area (Å²) in [5.41, 5.74) is -1.34. The third-order valence-electron chi connectivity index (χ3n) is 4.00. The molecule has 1 saturated carbocycles. The maximum Gasteiger partial charge on any atom is 0.324 e. The van der Waals surface area contributed by atoms with Crippen LogP contribution in [0.1, 0.15) is 46.0 Å². The summed E-state index contributed by atoms with van der Waals surface area (Å²) in [7, 11) is -3.64. The SMILES string of the molecule is CCOCCS(=O)(=O)NC1(C(=O)O)CCC(CC)CC1. The molecule has 0 aliphatic heterocycles. The molecule has 0 saturated heterocycles. The van der Waals surface area contributed by atoms with Gasteiger partial charge in [-0.05, 0) is 38.5 Å². The van der Waals surface area contributed by atoms with E-state index in [4.69, 9.17) is 4.74 Å². The highest BCUT2D eigenvalue weighted by atomic mass is 32.2. The summed E-state index contributed by atoms with van der Waals surface area (Å²) in [4.78, 5) is 11.5. The van der Waals surface area contributed by atoms with Crippen molar-refractivity contribution >= 4 is 16.0 Å². The van der Waals surface area contributed by atoms with Gasteiger partial charge >= 0.3 is 5.97 Å². The molecule has 1 rings (SSSR count). The van der Waals surface area contributed by atoms with Gasteiger partial charge in [-0.1, -0.05) is 13.3 Å². The summed E-state index contributed by atoms with van der Waals surface area (Å²) in [6.45, 7) is 4.38. The molecule has 20 heavy (non-hydrogen) atoms. The molecule has 0 radical (unpaired) electrons. The van der Waals surface area contributed by atoms with Crippen LogP contribution in [-0.2, 0) is 19.6 Å². The second kappa shape index (κ2) is 7.38. The molecule has 0 atom stereocenters. The van der Waals surface area contributed by atoms with Crippen molar-refractivity contribution < 1.29 is 23.1 Å². The minimum absolute atomic E-state index is 0.0825. The lowest BCUT2D eigenvalue weighted by Gasteiger charge is -2.36. The van der Waals surface area contributed by atoms with Crippen LogP contribution >= 0.6 is 0 Å². The zero-order valence-corrected chi connectivity index (χ0v) is 13.0. The van der Waals surface area contributed by atoms with Crippen LogP contribution in [0.3, 0.4) is 0 Å². The number of rotatable bonds is 8. The van der Waals surface area contributed by atoms with Crippen LogP contribution < -0.4 is 4.72 Å². The lowest BCUT2D eigenvalue weighted by molar-refractivity contribution is -0.145. The zero-order chi connectivity index (χ0) is 15.2. The Hall–Kier alpha value is -0.660. The van der Waals surface area contributed by atoms with Crippen LogP contribution in [0.15, 0.2) is 0 Å². The van der Waals surface area contributed by atoms with Gasteiger partial charge in [0.1, 0.15) is 5.54 Å². The zero-order valence-electron chi connectivity index (χ0n) is 12.2. The number of sulfonamides is 1. The molecular formula is C13H25NO5S. The smallest absolute Gasteiger partial charge is 0.324 e. The van der Waals surface area contributed by atoms with Crippen molar-refractivity contribution in [3.05, 3.63) is 0 Å². The maximum atomic E-state index is 12.0. The van der Waals surface area contributed by atoms with Crippen molar-refractivity contribution in [2.24, 2.45) is 5.92 Å². The van der Waals surface area contributed by atoms with Gasteiger partial charge in [0.2, 0.25) is 10.0 Å².